The normalized spacial score (nSPS) is 10.0. The molecule has 1 aromatic carbocycles. The quantitative estimate of drug-likeness (QED) is 0.661. The molecule has 3 nitrogen and oxygen atoms in total. The van der Waals surface area contributed by atoms with Crippen LogP contribution in [-0.4, -0.2) is 10.3 Å². The van der Waals surface area contributed by atoms with Gasteiger partial charge in [-0.3, -0.25) is 0 Å². The minimum atomic E-state index is 0.193. The summed E-state index contributed by atoms with van der Waals surface area (Å²) in [5.74, 6) is 0.193. The van der Waals surface area contributed by atoms with Crippen LogP contribution in [0.1, 0.15) is 5.56 Å². The molecule has 0 radical (unpaired) electrons. The van der Waals surface area contributed by atoms with Crippen LogP contribution < -0.4 is 5.48 Å². The molecule has 0 spiro atoms. The van der Waals surface area contributed by atoms with Crippen LogP contribution in [0.4, 0.5) is 0 Å². The van der Waals surface area contributed by atoms with Gasteiger partial charge in [0, 0.05) is 11.0 Å². The van der Waals surface area contributed by atoms with E-state index in [0.29, 0.717) is 6.54 Å². The van der Waals surface area contributed by atoms with Crippen LogP contribution in [0.25, 0.3) is 0 Å². The van der Waals surface area contributed by atoms with E-state index in [1.54, 1.807) is 18.2 Å². The van der Waals surface area contributed by atoms with Gasteiger partial charge in [-0.1, -0.05) is 15.9 Å². The molecule has 0 aliphatic rings. The highest BCUT2D eigenvalue weighted by molar-refractivity contribution is 9.10. The molecule has 0 saturated heterocycles. The average Bonchev–Trinajstić information content (AvgIpc) is 1.98. The van der Waals surface area contributed by atoms with E-state index in [0.717, 1.165) is 10.0 Å². The molecule has 11 heavy (non-hydrogen) atoms. The fourth-order valence-corrected chi connectivity index (χ4v) is 1.17. The number of nitrogens with one attached hydrogen (secondary N) is 1. The molecule has 0 amide bonds. The molecule has 0 aliphatic carbocycles. The molecule has 0 fully saturated rings. The Morgan fingerprint density at radius 1 is 1.45 bits per heavy atom. The molecule has 0 aromatic heterocycles. The number of rotatable bonds is 2. The molecule has 0 heterocycles. The topological polar surface area (TPSA) is 52.5 Å². The first-order valence-electron chi connectivity index (χ1n) is 3.08. The Morgan fingerprint density at radius 3 is 2.82 bits per heavy atom. The zero-order chi connectivity index (χ0) is 8.27. The maximum Gasteiger partial charge on any atom is 0.115 e. The Labute approximate surface area is 72.8 Å². The summed E-state index contributed by atoms with van der Waals surface area (Å²) in [5, 5.41) is 17.4. The number of phenolic OH excluding ortho intramolecular Hbond substituents is 1. The molecule has 0 atom stereocenters. The SMILES string of the molecule is ONCc1cc(O)ccc1Br. The largest absolute Gasteiger partial charge is 0.508 e. The van der Waals surface area contributed by atoms with Crippen molar-refractivity contribution in [3.63, 3.8) is 0 Å². The Balaban J connectivity index is 2.93. The fraction of sp³-hybridized carbons (Fsp3) is 0.143. The predicted octanol–water partition coefficient (Wildman–Crippen LogP) is 1.63. The highest BCUT2D eigenvalue weighted by atomic mass is 79.9. The Hall–Kier alpha value is -0.580. The monoisotopic (exact) mass is 217 g/mol. The number of halogens is 1. The van der Waals surface area contributed by atoms with Gasteiger partial charge < -0.3 is 10.3 Å². The van der Waals surface area contributed by atoms with E-state index in [1.165, 1.54) is 0 Å². The van der Waals surface area contributed by atoms with Crippen molar-refractivity contribution in [2.45, 2.75) is 6.54 Å². The zero-order valence-electron chi connectivity index (χ0n) is 5.71. The Morgan fingerprint density at radius 2 is 2.18 bits per heavy atom. The van der Waals surface area contributed by atoms with Gasteiger partial charge in [0.05, 0.1) is 0 Å². The third-order valence-electron chi connectivity index (χ3n) is 1.30. The van der Waals surface area contributed by atoms with Crippen molar-refractivity contribution in [1.82, 2.24) is 5.48 Å². The molecule has 0 aliphatic heterocycles. The first-order chi connectivity index (χ1) is 5.24. The van der Waals surface area contributed by atoms with Gasteiger partial charge in [-0.2, -0.15) is 0 Å². The molecule has 0 saturated carbocycles. The third kappa shape index (κ3) is 2.18. The van der Waals surface area contributed by atoms with Gasteiger partial charge in [0.1, 0.15) is 5.75 Å². The molecular formula is C7H8BrNO2. The molecule has 0 bridgehead atoms. The van der Waals surface area contributed by atoms with Gasteiger partial charge in [-0.15, -0.1) is 0 Å². The predicted molar refractivity (Wildman–Crippen MR) is 44.4 cm³/mol. The van der Waals surface area contributed by atoms with Crippen molar-refractivity contribution >= 4 is 15.9 Å². The van der Waals surface area contributed by atoms with Crippen LogP contribution in [0.5, 0.6) is 5.75 Å². The lowest BCUT2D eigenvalue weighted by Gasteiger charge is -2.02. The maximum absolute atomic E-state index is 9.03. The minimum absolute atomic E-state index is 0.193. The second kappa shape index (κ2) is 3.71. The second-order valence-electron chi connectivity index (χ2n) is 2.11. The summed E-state index contributed by atoms with van der Waals surface area (Å²) in [6, 6.07) is 4.88. The van der Waals surface area contributed by atoms with Crippen LogP contribution in [0.3, 0.4) is 0 Å². The summed E-state index contributed by atoms with van der Waals surface area (Å²) in [7, 11) is 0. The van der Waals surface area contributed by atoms with E-state index < -0.39 is 0 Å². The number of benzene rings is 1. The molecule has 60 valence electrons. The fourth-order valence-electron chi connectivity index (χ4n) is 0.782. The van der Waals surface area contributed by atoms with E-state index in [2.05, 4.69) is 15.9 Å². The van der Waals surface area contributed by atoms with E-state index in [4.69, 9.17) is 10.3 Å². The van der Waals surface area contributed by atoms with Gasteiger partial charge >= 0.3 is 0 Å². The first kappa shape index (κ1) is 8.52. The van der Waals surface area contributed by atoms with Crippen molar-refractivity contribution in [3.05, 3.63) is 28.2 Å². The summed E-state index contributed by atoms with van der Waals surface area (Å²) < 4.78 is 0.858. The highest BCUT2D eigenvalue weighted by Crippen LogP contribution is 2.21. The van der Waals surface area contributed by atoms with E-state index in [-0.39, 0.29) is 5.75 Å². The summed E-state index contributed by atoms with van der Waals surface area (Å²) in [6.07, 6.45) is 0. The summed E-state index contributed by atoms with van der Waals surface area (Å²) in [5.41, 5.74) is 2.82. The first-order valence-corrected chi connectivity index (χ1v) is 3.87. The minimum Gasteiger partial charge on any atom is -0.508 e. The Bertz CT molecular complexity index is 252. The smallest absolute Gasteiger partial charge is 0.115 e. The number of aromatic hydroxyl groups is 1. The number of hydrogen-bond donors (Lipinski definition) is 3. The second-order valence-corrected chi connectivity index (χ2v) is 2.96. The van der Waals surface area contributed by atoms with Crippen molar-refractivity contribution in [3.8, 4) is 5.75 Å². The van der Waals surface area contributed by atoms with Crippen LogP contribution in [-0.2, 0) is 6.54 Å². The molecule has 3 N–H and O–H groups in total. The molecule has 4 heteroatoms. The Kier molecular flexibility index (Phi) is 2.87. The molecular weight excluding hydrogens is 210 g/mol. The van der Waals surface area contributed by atoms with Crippen LogP contribution in [0, 0.1) is 0 Å². The number of phenols is 1. The van der Waals surface area contributed by atoms with E-state index in [1.807, 2.05) is 5.48 Å². The lowest BCUT2D eigenvalue weighted by atomic mass is 10.2. The van der Waals surface area contributed by atoms with Crippen molar-refractivity contribution < 1.29 is 10.3 Å². The molecule has 0 unspecified atom stereocenters. The van der Waals surface area contributed by atoms with Crippen LogP contribution in [0.2, 0.25) is 0 Å². The number of hydrogen-bond acceptors (Lipinski definition) is 3. The number of hydroxylamine groups is 1. The highest BCUT2D eigenvalue weighted by Gasteiger charge is 1.98. The summed E-state index contributed by atoms with van der Waals surface area (Å²) in [6.45, 7) is 0.314. The summed E-state index contributed by atoms with van der Waals surface area (Å²) in [4.78, 5) is 0. The van der Waals surface area contributed by atoms with E-state index in [9.17, 15) is 0 Å². The average molecular weight is 218 g/mol. The molecule has 1 aromatic rings. The van der Waals surface area contributed by atoms with Gasteiger partial charge in [0.15, 0.2) is 0 Å². The van der Waals surface area contributed by atoms with E-state index >= 15 is 0 Å². The standard InChI is InChI=1S/C7H8BrNO2/c8-7-2-1-6(10)3-5(7)4-9-11/h1-3,9-11H,4H2. The maximum atomic E-state index is 9.03. The summed E-state index contributed by atoms with van der Waals surface area (Å²) >= 11 is 3.27. The van der Waals surface area contributed by atoms with Gasteiger partial charge in [-0.25, -0.2) is 5.48 Å². The van der Waals surface area contributed by atoms with Gasteiger partial charge in [-0.05, 0) is 23.8 Å². The van der Waals surface area contributed by atoms with Crippen molar-refractivity contribution in [1.29, 1.82) is 0 Å². The van der Waals surface area contributed by atoms with Crippen LogP contribution in [0.15, 0.2) is 22.7 Å². The van der Waals surface area contributed by atoms with Crippen molar-refractivity contribution in [2.75, 3.05) is 0 Å². The van der Waals surface area contributed by atoms with Gasteiger partial charge in [0.2, 0.25) is 0 Å². The lowest BCUT2D eigenvalue weighted by molar-refractivity contribution is 0.161. The molecule has 1 rings (SSSR count). The lowest BCUT2D eigenvalue weighted by Crippen LogP contribution is -2.06. The van der Waals surface area contributed by atoms with Crippen molar-refractivity contribution in [2.24, 2.45) is 0 Å². The third-order valence-corrected chi connectivity index (χ3v) is 2.07. The van der Waals surface area contributed by atoms with Crippen LogP contribution >= 0.6 is 15.9 Å². The van der Waals surface area contributed by atoms with Gasteiger partial charge in [0.25, 0.3) is 0 Å². The zero-order valence-corrected chi connectivity index (χ0v) is 7.30.